The molecule has 1 aromatic carbocycles. The number of likely N-dealkylation sites (N-methyl/N-ethyl adjacent to an activating group) is 1. The molecule has 6 heteroatoms. The van der Waals surface area contributed by atoms with Gasteiger partial charge in [0, 0.05) is 57.5 Å². The second-order valence-corrected chi connectivity index (χ2v) is 7.96. The fraction of sp³-hybridized carbons (Fsp3) is 0.571. The van der Waals surface area contributed by atoms with Crippen LogP contribution in [-0.4, -0.2) is 71.5 Å². The number of piperidine rings is 1. The molecule has 2 fully saturated rings. The number of fused-ring (bicyclic) bond motifs is 1. The number of piperazine rings is 1. The number of amides is 1. The Kier molecular flexibility index (Phi) is 6.45. The van der Waals surface area contributed by atoms with Gasteiger partial charge in [-0.15, -0.1) is 12.4 Å². The normalized spacial score (nSPS) is 22.0. The molecule has 3 heterocycles. The van der Waals surface area contributed by atoms with E-state index in [2.05, 4.69) is 63.7 Å². The molecule has 2 aliphatic heterocycles. The third kappa shape index (κ3) is 4.31. The van der Waals surface area contributed by atoms with Gasteiger partial charge in [0.2, 0.25) is 5.91 Å². The Hall–Kier alpha value is -1.56. The van der Waals surface area contributed by atoms with Crippen LogP contribution in [0.3, 0.4) is 0 Å². The summed E-state index contributed by atoms with van der Waals surface area (Å²) in [6, 6.07) is 10.8. The van der Waals surface area contributed by atoms with Crippen molar-refractivity contribution in [1.29, 1.82) is 0 Å². The van der Waals surface area contributed by atoms with Crippen LogP contribution in [0.4, 0.5) is 0 Å². The van der Waals surface area contributed by atoms with Crippen molar-refractivity contribution in [2.75, 3.05) is 46.3 Å². The van der Waals surface area contributed by atoms with Crippen molar-refractivity contribution in [2.24, 2.45) is 13.0 Å². The molecule has 1 atom stereocenters. The number of para-hydroxylation sites is 1. The summed E-state index contributed by atoms with van der Waals surface area (Å²) in [5.41, 5.74) is 2.61. The SMILES string of the molecule is CN1CCN(C(=O)C2CCCN(Cc3cc4ccccc4n3C)C2)CC1.Cl. The van der Waals surface area contributed by atoms with E-state index in [1.54, 1.807) is 0 Å². The third-order valence-corrected chi connectivity index (χ3v) is 6.11. The molecule has 0 radical (unpaired) electrons. The summed E-state index contributed by atoms with van der Waals surface area (Å²) < 4.78 is 2.29. The smallest absolute Gasteiger partial charge is 0.227 e. The highest BCUT2D eigenvalue weighted by Gasteiger charge is 2.30. The quantitative estimate of drug-likeness (QED) is 0.807. The van der Waals surface area contributed by atoms with E-state index in [1.165, 1.54) is 16.6 Å². The molecule has 148 valence electrons. The first kappa shape index (κ1) is 20.2. The van der Waals surface area contributed by atoms with Crippen molar-refractivity contribution < 1.29 is 4.79 Å². The van der Waals surface area contributed by atoms with E-state index < -0.39 is 0 Å². The topological polar surface area (TPSA) is 31.7 Å². The first-order valence-electron chi connectivity index (χ1n) is 9.85. The van der Waals surface area contributed by atoms with E-state index in [4.69, 9.17) is 0 Å². The third-order valence-electron chi connectivity index (χ3n) is 6.11. The Morgan fingerprint density at radius 1 is 1.07 bits per heavy atom. The van der Waals surface area contributed by atoms with Crippen LogP contribution < -0.4 is 0 Å². The van der Waals surface area contributed by atoms with E-state index in [0.717, 1.165) is 58.7 Å². The number of carbonyl (C=O) groups is 1. The van der Waals surface area contributed by atoms with Crippen molar-refractivity contribution in [3.63, 3.8) is 0 Å². The van der Waals surface area contributed by atoms with Crippen molar-refractivity contribution in [3.8, 4) is 0 Å². The fourth-order valence-electron chi connectivity index (χ4n) is 4.41. The Labute approximate surface area is 168 Å². The van der Waals surface area contributed by atoms with Gasteiger partial charge in [-0.2, -0.15) is 0 Å². The molecule has 4 rings (SSSR count). The number of carbonyl (C=O) groups excluding carboxylic acids is 1. The molecule has 2 saturated heterocycles. The maximum atomic E-state index is 12.9. The van der Waals surface area contributed by atoms with Gasteiger partial charge < -0.3 is 14.4 Å². The number of hydrogen-bond acceptors (Lipinski definition) is 3. The van der Waals surface area contributed by atoms with Gasteiger partial charge in [-0.05, 0) is 44.0 Å². The van der Waals surface area contributed by atoms with Crippen LogP contribution in [0.15, 0.2) is 30.3 Å². The van der Waals surface area contributed by atoms with Crippen LogP contribution in [0, 0.1) is 5.92 Å². The molecule has 1 unspecified atom stereocenters. The number of likely N-dealkylation sites (tertiary alicyclic amines) is 1. The van der Waals surface area contributed by atoms with Crippen LogP contribution in [0.1, 0.15) is 18.5 Å². The van der Waals surface area contributed by atoms with Crippen LogP contribution in [-0.2, 0) is 18.4 Å². The molecule has 27 heavy (non-hydrogen) atoms. The van der Waals surface area contributed by atoms with Crippen LogP contribution in [0.2, 0.25) is 0 Å². The van der Waals surface area contributed by atoms with Gasteiger partial charge in [0.05, 0.1) is 5.92 Å². The Balaban J connectivity index is 0.00000210. The maximum absolute atomic E-state index is 12.9. The number of halogens is 1. The number of aromatic nitrogens is 1. The second kappa shape index (κ2) is 8.63. The molecule has 0 bridgehead atoms. The maximum Gasteiger partial charge on any atom is 0.227 e. The van der Waals surface area contributed by atoms with Crippen LogP contribution in [0.5, 0.6) is 0 Å². The van der Waals surface area contributed by atoms with Crippen LogP contribution >= 0.6 is 12.4 Å². The zero-order chi connectivity index (χ0) is 18.1. The lowest BCUT2D eigenvalue weighted by Crippen LogP contribution is -2.51. The van der Waals surface area contributed by atoms with E-state index in [0.29, 0.717) is 5.91 Å². The standard InChI is InChI=1S/C21H30N4O.ClH/c1-22-10-12-25(13-11-22)21(26)18-7-5-9-24(15-18)16-19-14-17-6-3-4-8-20(17)23(19)2;/h3-4,6,8,14,18H,5,7,9-13,15-16H2,1-2H3;1H. The molecule has 2 aliphatic rings. The zero-order valence-electron chi connectivity index (χ0n) is 16.4. The minimum absolute atomic E-state index is 0. The van der Waals surface area contributed by atoms with E-state index in [1.807, 2.05) is 0 Å². The molecular weight excluding hydrogens is 360 g/mol. The van der Waals surface area contributed by atoms with Crippen molar-refractivity contribution in [1.82, 2.24) is 19.3 Å². The lowest BCUT2D eigenvalue weighted by Gasteiger charge is -2.38. The van der Waals surface area contributed by atoms with Crippen molar-refractivity contribution >= 4 is 29.2 Å². The minimum atomic E-state index is 0. The number of nitrogens with zero attached hydrogens (tertiary/aromatic N) is 4. The Morgan fingerprint density at radius 2 is 1.81 bits per heavy atom. The number of hydrogen-bond donors (Lipinski definition) is 0. The summed E-state index contributed by atoms with van der Waals surface area (Å²) >= 11 is 0. The first-order valence-corrected chi connectivity index (χ1v) is 9.85. The highest BCUT2D eigenvalue weighted by atomic mass is 35.5. The van der Waals surface area contributed by atoms with Gasteiger partial charge in [-0.1, -0.05) is 18.2 Å². The molecule has 2 aromatic rings. The van der Waals surface area contributed by atoms with Gasteiger partial charge in [-0.3, -0.25) is 9.69 Å². The highest BCUT2D eigenvalue weighted by molar-refractivity contribution is 5.85. The Morgan fingerprint density at radius 3 is 2.56 bits per heavy atom. The lowest BCUT2D eigenvalue weighted by atomic mass is 9.96. The molecule has 0 spiro atoms. The number of rotatable bonds is 3. The minimum Gasteiger partial charge on any atom is -0.346 e. The highest BCUT2D eigenvalue weighted by Crippen LogP contribution is 2.24. The predicted octanol–water partition coefficient (Wildman–Crippen LogP) is 2.59. The predicted molar refractivity (Wildman–Crippen MR) is 112 cm³/mol. The van der Waals surface area contributed by atoms with Gasteiger partial charge >= 0.3 is 0 Å². The summed E-state index contributed by atoms with van der Waals surface area (Å²) in [5, 5.41) is 1.30. The van der Waals surface area contributed by atoms with Gasteiger partial charge in [0.25, 0.3) is 0 Å². The number of benzene rings is 1. The number of aryl methyl sites for hydroxylation is 1. The molecule has 0 saturated carbocycles. The van der Waals surface area contributed by atoms with Gasteiger partial charge in [0.1, 0.15) is 0 Å². The molecule has 0 aliphatic carbocycles. The summed E-state index contributed by atoms with van der Waals surface area (Å²) in [6.07, 6.45) is 2.16. The average molecular weight is 391 g/mol. The summed E-state index contributed by atoms with van der Waals surface area (Å²) in [5.74, 6) is 0.543. The lowest BCUT2D eigenvalue weighted by molar-refractivity contribution is -0.139. The summed E-state index contributed by atoms with van der Waals surface area (Å²) in [4.78, 5) is 19.8. The first-order chi connectivity index (χ1) is 12.6. The molecule has 1 amide bonds. The van der Waals surface area contributed by atoms with Crippen LogP contribution in [0.25, 0.3) is 10.9 Å². The molecule has 5 nitrogen and oxygen atoms in total. The Bertz CT molecular complexity index is 782. The molecule has 0 N–H and O–H groups in total. The average Bonchev–Trinajstić information content (AvgIpc) is 2.98. The fourth-order valence-corrected chi connectivity index (χ4v) is 4.41. The summed E-state index contributed by atoms with van der Waals surface area (Å²) in [7, 11) is 4.28. The zero-order valence-corrected chi connectivity index (χ0v) is 17.2. The van der Waals surface area contributed by atoms with Crippen molar-refractivity contribution in [2.45, 2.75) is 19.4 Å². The molecular formula is C21H31ClN4O. The second-order valence-electron chi connectivity index (χ2n) is 7.96. The van der Waals surface area contributed by atoms with E-state index in [-0.39, 0.29) is 18.3 Å². The van der Waals surface area contributed by atoms with Crippen molar-refractivity contribution in [3.05, 3.63) is 36.0 Å². The largest absolute Gasteiger partial charge is 0.346 e. The van der Waals surface area contributed by atoms with Gasteiger partial charge in [0.15, 0.2) is 0 Å². The summed E-state index contributed by atoms with van der Waals surface area (Å²) in [6.45, 7) is 6.68. The van der Waals surface area contributed by atoms with E-state index in [9.17, 15) is 4.79 Å². The monoisotopic (exact) mass is 390 g/mol. The molecule has 1 aromatic heterocycles. The van der Waals surface area contributed by atoms with E-state index >= 15 is 0 Å². The van der Waals surface area contributed by atoms with Gasteiger partial charge in [-0.25, -0.2) is 0 Å².